The van der Waals surface area contributed by atoms with Gasteiger partial charge in [0.1, 0.15) is 6.04 Å². The molecule has 2 atom stereocenters. The van der Waals surface area contributed by atoms with Gasteiger partial charge in [-0.15, -0.1) is 0 Å². The summed E-state index contributed by atoms with van der Waals surface area (Å²) in [6.45, 7) is 2.01. The first kappa shape index (κ1) is 26.2. The second-order valence-corrected chi connectivity index (χ2v) is 10.2. The van der Waals surface area contributed by atoms with Crippen molar-refractivity contribution in [1.29, 1.82) is 0 Å². The Bertz CT molecular complexity index is 1350. The Labute approximate surface area is 227 Å². The minimum Gasteiger partial charge on any atom is -0.387 e. The molecule has 39 heavy (non-hydrogen) atoms. The largest absolute Gasteiger partial charge is 0.387 e. The van der Waals surface area contributed by atoms with Crippen LogP contribution in [0.3, 0.4) is 0 Å². The van der Waals surface area contributed by atoms with E-state index in [1.807, 2.05) is 84.9 Å². The van der Waals surface area contributed by atoms with Gasteiger partial charge >= 0.3 is 0 Å². The molecule has 3 N–H and O–H groups in total. The molecule has 0 aliphatic carbocycles. The van der Waals surface area contributed by atoms with Gasteiger partial charge < -0.3 is 20.8 Å². The third-order valence-electron chi connectivity index (χ3n) is 7.47. The molecule has 1 saturated heterocycles. The zero-order chi connectivity index (χ0) is 27.4. The number of primary amides is 1. The van der Waals surface area contributed by atoms with Crippen LogP contribution in [0.1, 0.15) is 55.2 Å². The van der Waals surface area contributed by atoms with E-state index in [-0.39, 0.29) is 37.1 Å². The van der Waals surface area contributed by atoms with E-state index in [1.165, 1.54) is 0 Å². The average Bonchev–Trinajstić information content (AvgIpc) is 3.56. The van der Waals surface area contributed by atoms with Crippen molar-refractivity contribution < 1.29 is 19.2 Å². The number of carbonyl (C=O) groups excluding carboxylic acids is 3. The van der Waals surface area contributed by atoms with Crippen LogP contribution in [0.4, 0.5) is 5.69 Å². The Hall–Kier alpha value is -4.46. The lowest BCUT2D eigenvalue weighted by molar-refractivity contribution is -0.137. The Morgan fingerprint density at radius 3 is 2.31 bits per heavy atom. The van der Waals surface area contributed by atoms with Gasteiger partial charge in [-0.2, -0.15) is 0 Å². The van der Waals surface area contributed by atoms with E-state index in [2.05, 4.69) is 10.5 Å². The number of likely N-dealkylation sites (tertiary alicyclic amines) is 1. The van der Waals surface area contributed by atoms with Gasteiger partial charge in [-0.1, -0.05) is 84.9 Å². The lowest BCUT2D eigenvalue weighted by Crippen LogP contribution is -2.44. The second-order valence-electron chi connectivity index (χ2n) is 10.2. The van der Waals surface area contributed by atoms with E-state index in [9.17, 15) is 14.4 Å². The summed E-state index contributed by atoms with van der Waals surface area (Å²) in [5.74, 6) is -0.957. The summed E-state index contributed by atoms with van der Waals surface area (Å²) < 4.78 is 0. The summed E-state index contributed by atoms with van der Waals surface area (Å²) in [5.41, 5.74) is 9.20. The number of hydrogen-bond acceptors (Lipinski definition) is 5. The number of anilines is 1. The van der Waals surface area contributed by atoms with Crippen molar-refractivity contribution in [2.75, 3.05) is 11.9 Å². The predicted molar refractivity (Wildman–Crippen MR) is 149 cm³/mol. The summed E-state index contributed by atoms with van der Waals surface area (Å²) in [6.07, 6.45) is 1.27. The van der Waals surface area contributed by atoms with Crippen LogP contribution in [0.25, 0.3) is 0 Å². The summed E-state index contributed by atoms with van der Waals surface area (Å²) in [6, 6.07) is 26.4. The van der Waals surface area contributed by atoms with E-state index in [0.717, 1.165) is 16.7 Å². The highest BCUT2D eigenvalue weighted by atomic mass is 16.7. The van der Waals surface area contributed by atoms with E-state index in [4.69, 9.17) is 10.6 Å². The number of carbonyl (C=O) groups is 3. The Morgan fingerprint density at radius 1 is 1.03 bits per heavy atom. The highest BCUT2D eigenvalue weighted by Crippen LogP contribution is 2.40. The molecule has 3 amide bonds. The molecule has 2 aliphatic heterocycles. The van der Waals surface area contributed by atoms with Crippen LogP contribution >= 0.6 is 0 Å². The molecule has 2 heterocycles. The fourth-order valence-electron chi connectivity index (χ4n) is 5.45. The fraction of sp³-hybridized carbons (Fsp3) is 0.290. The molecular formula is C31H32N4O4. The molecule has 3 aromatic rings. The summed E-state index contributed by atoms with van der Waals surface area (Å²) in [4.78, 5) is 45.6. The SMILES string of the molecule is CCC(=O)Nc1cccc(C2=NOC3(C2)C[C@@H](C(N)=O)N(C(=O)CC(c2ccccc2)c2ccccc2)C3)c1. The number of oxime groups is 1. The number of nitrogens with zero attached hydrogens (tertiary/aromatic N) is 2. The van der Waals surface area contributed by atoms with Crippen LogP contribution in [0.15, 0.2) is 90.1 Å². The lowest BCUT2D eigenvalue weighted by atomic mass is 9.88. The van der Waals surface area contributed by atoms with Crippen LogP contribution in [-0.4, -0.2) is 46.5 Å². The third-order valence-corrected chi connectivity index (χ3v) is 7.47. The van der Waals surface area contributed by atoms with Gasteiger partial charge in [0.05, 0.1) is 12.3 Å². The molecule has 0 saturated carbocycles. The minimum absolute atomic E-state index is 0.0770. The number of amides is 3. The van der Waals surface area contributed by atoms with Crippen molar-refractivity contribution in [3.8, 4) is 0 Å². The van der Waals surface area contributed by atoms with Gasteiger partial charge in [0.25, 0.3) is 0 Å². The van der Waals surface area contributed by atoms with Crippen molar-refractivity contribution in [3.05, 3.63) is 102 Å². The highest BCUT2D eigenvalue weighted by Gasteiger charge is 2.53. The highest BCUT2D eigenvalue weighted by molar-refractivity contribution is 6.03. The molecule has 2 aliphatic rings. The molecule has 0 aromatic heterocycles. The maximum Gasteiger partial charge on any atom is 0.240 e. The third kappa shape index (κ3) is 5.70. The quantitative estimate of drug-likeness (QED) is 0.460. The van der Waals surface area contributed by atoms with Crippen molar-refractivity contribution in [1.82, 2.24) is 4.90 Å². The van der Waals surface area contributed by atoms with Gasteiger partial charge in [-0.3, -0.25) is 14.4 Å². The van der Waals surface area contributed by atoms with Gasteiger partial charge in [0.2, 0.25) is 17.7 Å². The summed E-state index contributed by atoms with van der Waals surface area (Å²) in [5, 5.41) is 7.20. The number of hydrogen-bond donors (Lipinski definition) is 2. The molecule has 8 heteroatoms. The van der Waals surface area contributed by atoms with E-state index in [1.54, 1.807) is 11.8 Å². The van der Waals surface area contributed by atoms with Crippen molar-refractivity contribution in [3.63, 3.8) is 0 Å². The van der Waals surface area contributed by atoms with Crippen LogP contribution in [0.5, 0.6) is 0 Å². The number of nitrogens with one attached hydrogen (secondary N) is 1. The molecular weight excluding hydrogens is 492 g/mol. The molecule has 3 aromatic carbocycles. The molecule has 8 nitrogen and oxygen atoms in total. The molecule has 5 rings (SSSR count). The number of benzene rings is 3. The lowest BCUT2D eigenvalue weighted by Gasteiger charge is -2.26. The van der Waals surface area contributed by atoms with Gasteiger partial charge in [-0.05, 0) is 23.3 Å². The molecule has 1 spiro atoms. The topological polar surface area (TPSA) is 114 Å². The first-order valence-electron chi connectivity index (χ1n) is 13.2. The minimum atomic E-state index is -0.831. The van der Waals surface area contributed by atoms with E-state index >= 15 is 0 Å². The van der Waals surface area contributed by atoms with Crippen LogP contribution in [-0.2, 0) is 19.2 Å². The smallest absolute Gasteiger partial charge is 0.240 e. The zero-order valence-electron chi connectivity index (χ0n) is 21.9. The fourth-order valence-corrected chi connectivity index (χ4v) is 5.45. The molecule has 1 unspecified atom stereocenters. The van der Waals surface area contributed by atoms with Crippen LogP contribution < -0.4 is 11.1 Å². The molecule has 200 valence electrons. The number of nitrogens with two attached hydrogens (primary N) is 1. The van der Waals surface area contributed by atoms with Gasteiger partial charge in [-0.25, -0.2) is 0 Å². The molecule has 1 fully saturated rings. The Morgan fingerprint density at radius 2 is 1.69 bits per heavy atom. The Balaban J connectivity index is 1.34. The van der Waals surface area contributed by atoms with Crippen molar-refractivity contribution in [2.24, 2.45) is 10.9 Å². The second kappa shape index (κ2) is 11.1. The van der Waals surface area contributed by atoms with Crippen LogP contribution in [0, 0.1) is 0 Å². The number of rotatable bonds is 8. The van der Waals surface area contributed by atoms with Gasteiger partial charge in [0.15, 0.2) is 5.60 Å². The van der Waals surface area contributed by atoms with E-state index in [0.29, 0.717) is 24.2 Å². The first-order valence-corrected chi connectivity index (χ1v) is 13.2. The summed E-state index contributed by atoms with van der Waals surface area (Å²) >= 11 is 0. The van der Waals surface area contributed by atoms with E-state index < -0.39 is 17.6 Å². The predicted octanol–water partition coefficient (Wildman–Crippen LogP) is 4.21. The Kier molecular flexibility index (Phi) is 7.45. The normalized spacial score (nSPS) is 20.1. The monoisotopic (exact) mass is 524 g/mol. The van der Waals surface area contributed by atoms with Crippen molar-refractivity contribution in [2.45, 2.75) is 50.2 Å². The molecule has 0 bridgehead atoms. The zero-order valence-corrected chi connectivity index (χ0v) is 21.9. The molecule has 0 radical (unpaired) electrons. The first-order chi connectivity index (χ1) is 18.9. The maximum atomic E-state index is 13.8. The summed E-state index contributed by atoms with van der Waals surface area (Å²) in [7, 11) is 0. The van der Waals surface area contributed by atoms with Gasteiger partial charge in [0, 0.05) is 42.9 Å². The average molecular weight is 525 g/mol. The maximum absolute atomic E-state index is 13.8. The van der Waals surface area contributed by atoms with Crippen LogP contribution in [0.2, 0.25) is 0 Å². The van der Waals surface area contributed by atoms with Crippen molar-refractivity contribution >= 4 is 29.1 Å². The standard InChI is InChI=1S/C31H32N4O4/c1-2-28(36)33-24-15-9-14-23(16-24)26-18-31(39-34-26)19-27(30(32)38)35(20-31)29(37)17-25(21-10-5-3-6-11-21)22-12-7-4-8-13-22/h3-16,25,27H,2,17-20H2,1H3,(H2,32,38)(H,33,36)/t27-,31?/m0/s1.